The van der Waals surface area contributed by atoms with Crippen molar-refractivity contribution in [2.24, 2.45) is 0 Å². The van der Waals surface area contributed by atoms with Gasteiger partial charge >= 0.3 is 0 Å². The molecule has 0 radical (unpaired) electrons. The van der Waals surface area contributed by atoms with E-state index in [1.807, 2.05) is 0 Å². The molecule has 10 heteroatoms. The summed E-state index contributed by atoms with van der Waals surface area (Å²) >= 11 is 1.24. The molecule has 1 aliphatic heterocycles. The van der Waals surface area contributed by atoms with Gasteiger partial charge in [0, 0.05) is 18.5 Å². The molecule has 0 aliphatic carbocycles. The molecule has 0 bridgehead atoms. The van der Waals surface area contributed by atoms with E-state index in [0.29, 0.717) is 27.8 Å². The molecule has 1 saturated heterocycles. The molecular formula is C19H19Cl2F2N3O2S. The van der Waals surface area contributed by atoms with Crippen molar-refractivity contribution in [2.45, 2.75) is 18.4 Å². The predicted octanol–water partition coefficient (Wildman–Crippen LogP) is 4.40. The summed E-state index contributed by atoms with van der Waals surface area (Å²) in [6, 6.07) is 7.23. The van der Waals surface area contributed by atoms with Gasteiger partial charge in [0.05, 0.1) is 12.5 Å². The Bertz CT molecular complexity index is 953. The van der Waals surface area contributed by atoms with Crippen LogP contribution < -0.4 is 10.6 Å². The van der Waals surface area contributed by atoms with Gasteiger partial charge in [0.15, 0.2) is 22.4 Å². The van der Waals surface area contributed by atoms with Crippen LogP contribution >= 0.6 is 36.2 Å². The number of carbonyl (C=O) groups excluding carboxylic acids is 1. The standard InChI is InChI=1S/C19H17F2N3O2S.2ClH/c20-13-4-3-11(8-14(13)21)12-5-6-22-9-15(12)24-18(25)17-10-23-19(27-17)16-2-1-7-26-16;;/h1-4,7-8,10,12,15,22H,5-6,9H2,(H,24,25);2*1H. The third-order valence-electron chi connectivity index (χ3n) is 4.63. The summed E-state index contributed by atoms with van der Waals surface area (Å²) in [6.07, 6.45) is 3.79. The fourth-order valence-corrected chi connectivity index (χ4v) is 4.07. The minimum atomic E-state index is -0.873. The first-order chi connectivity index (χ1) is 13.1. The van der Waals surface area contributed by atoms with Crippen LogP contribution in [0.5, 0.6) is 0 Å². The van der Waals surface area contributed by atoms with Crippen LogP contribution in [0.1, 0.15) is 27.6 Å². The van der Waals surface area contributed by atoms with Crippen molar-refractivity contribution in [3.63, 3.8) is 0 Å². The topological polar surface area (TPSA) is 67.2 Å². The molecule has 2 aromatic heterocycles. The maximum atomic E-state index is 13.6. The van der Waals surface area contributed by atoms with Crippen molar-refractivity contribution >= 4 is 42.1 Å². The fraction of sp³-hybridized carbons (Fsp3) is 0.263. The molecule has 4 rings (SSSR count). The quantitative estimate of drug-likeness (QED) is 0.603. The Labute approximate surface area is 182 Å². The highest BCUT2D eigenvalue weighted by Crippen LogP contribution is 2.29. The lowest BCUT2D eigenvalue weighted by Gasteiger charge is -2.33. The normalized spacial score (nSPS) is 18.4. The number of furan rings is 1. The van der Waals surface area contributed by atoms with Crippen LogP contribution in [0.25, 0.3) is 10.8 Å². The van der Waals surface area contributed by atoms with Crippen molar-refractivity contribution in [2.75, 3.05) is 13.1 Å². The third-order valence-corrected chi connectivity index (χ3v) is 5.64. The van der Waals surface area contributed by atoms with Gasteiger partial charge in [-0.15, -0.1) is 36.2 Å². The second-order valence-electron chi connectivity index (χ2n) is 6.36. The van der Waals surface area contributed by atoms with E-state index < -0.39 is 11.6 Å². The Morgan fingerprint density at radius 3 is 2.79 bits per heavy atom. The minimum Gasteiger partial charge on any atom is -0.462 e. The first-order valence-electron chi connectivity index (χ1n) is 8.58. The van der Waals surface area contributed by atoms with Gasteiger partial charge < -0.3 is 15.1 Å². The number of rotatable bonds is 4. The maximum Gasteiger partial charge on any atom is 0.263 e. The van der Waals surface area contributed by atoms with Crippen LogP contribution in [0.2, 0.25) is 0 Å². The van der Waals surface area contributed by atoms with Crippen LogP contribution in [0, 0.1) is 11.6 Å². The third kappa shape index (κ3) is 5.14. The monoisotopic (exact) mass is 461 g/mol. The van der Waals surface area contributed by atoms with Gasteiger partial charge in [0.2, 0.25) is 0 Å². The number of halogens is 4. The molecular weight excluding hydrogens is 443 g/mol. The molecule has 29 heavy (non-hydrogen) atoms. The van der Waals surface area contributed by atoms with E-state index in [0.717, 1.165) is 19.0 Å². The van der Waals surface area contributed by atoms with E-state index in [4.69, 9.17) is 4.42 Å². The summed E-state index contributed by atoms with van der Waals surface area (Å²) in [5, 5.41) is 6.86. The first-order valence-corrected chi connectivity index (χ1v) is 9.39. The lowest BCUT2D eigenvalue weighted by Crippen LogP contribution is -2.49. The lowest BCUT2D eigenvalue weighted by atomic mass is 9.86. The van der Waals surface area contributed by atoms with Crippen molar-refractivity contribution < 1.29 is 18.0 Å². The number of thiazole rings is 1. The predicted molar refractivity (Wildman–Crippen MR) is 112 cm³/mol. The van der Waals surface area contributed by atoms with Crippen LogP contribution in [0.4, 0.5) is 8.78 Å². The van der Waals surface area contributed by atoms with Gasteiger partial charge in [-0.1, -0.05) is 6.07 Å². The van der Waals surface area contributed by atoms with Crippen LogP contribution in [0.3, 0.4) is 0 Å². The van der Waals surface area contributed by atoms with Gasteiger partial charge in [0.25, 0.3) is 5.91 Å². The van der Waals surface area contributed by atoms with Gasteiger partial charge in [-0.25, -0.2) is 13.8 Å². The Balaban J connectivity index is 0.00000150. The molecule has 1 aromatic carbocycles. The molecule has 1 amide bonds. The van der Waals surface area contributed by atoms with E-state index in [1.165, 1.54) is 23.6 Å². The zero-order valence-corrected chi connectivity index (χ0v) is 17.5. The molecule has 0 saturated carbocycles. The highest BCUT2D eigenvalue weighted by molar-refractivity contribution is 7.16. The molecule has 0 spiro atoms. The Kier molecular flexibility index (Phi) is 8.15. The summed E-state index contributed by atoms with van der Waals surface area (Å²) < 4.78 is 32.2. The van der Waals surface area contributed by atoms with E-state index in [-0.39, 0.29) is 42.7 Å². The van der Waals surface area contributed by atoms with E-state index >= 15 is 0 Å². The van der Waals surface area contributed by atoms with Crippen molar-refractivity contribution in [1.29, 1.82) is 0 Å². The van der Waals surface area contributed by atoms with Gasteiger partial charge in [-0.05, 0) is 42.8 Å². The summed E-state index contributed by atoms with van der Waals surface area (Å²) in [5.74, 6) is -1.47. The summed E-state index contributed by atoms with van der Waals surface area (Å²) in [5.41, 5.74) is 0.682. The lowest BCUT2D eigenvalue weighted by molar-refractivity contribution is 0.0928. The van der Waals surface area contributed by atoms with Gasteiger partial charge in [-0.3, -0.25) is 4.79 Å². The van der Waals surface area contributed by atoms with Crippen molar-refractivity contribution in [1.82, 2.24) is 15.6 Å². The molecule has 3 heterocycles. The first kappa shape index (κ1) is 23.3. The minimum absolute atomic E-state index is 0. The SMILES string of the molecule is Cl.Cl.O=C(NC1CNCCC1c1ccc(F)c(F)c1)c1cnc(-c2ccco2)s1. The highest BCUT2D eigenvalue weighted by Gasteiger charge is 2.29. The highest BCUT2D eigenvalue weighted by atomic mass is 35.5. The molecule has 2 unspecified atom stereocenters. The van der Waals surface area contributed by atoms with Gasteiger partial charge in [-0.2, -0.15) is 0 Å². The summed E-state index contributed by atoms with van der Waals surface area (Å²) in [4.78, 5) is 17.4. The second kappa shape index (κ2) is 10.2. The molecule has 2 N–H and O–H groups in total. The molecule has 1 fully saturated rings. The van der Waals surface area contributed by atoms with Crippen LogP contribution in [-0.4, -0.2) is 30.0 Å². The van der Waals surface area contributed by atoms with Crippen molar-refractivity contribution in [3.8, 4) is 10.8 Å². The number of benzene rings is 1. The fourth-order valence-electron chi connectivity index (χ4n) is 3.28. The number of piperidine rings is 1. The average molecular weight is 462 g/mol. The van der Waals surface area contributed by atoms with E-state index in [1.54, 1.807) is 24.5 Å². The maximum absolute atomic E-state index is 13.6. The number of hydrogen-bond acceptors (Lipinski definition) is 5. The smallest absolute Gasteiger partial charge is 0.263 e. The molecule has 5 nitrogen and oxygen atoms in total. The molecule has 3 aromatic rings. The molecule has 2 atom stereocenters. The number of hydrogen-bond donors (Lipinski definition) is 2. The van der Waals surface area contributed by atoms with Crippen LogP contribution in [-0.2, 0) is 0 Å². The summed E-state index contributed by atoms with van der Waals surface area (Å²) in [6.45, 7) is 1.30. The molecule has 1 aliphatic rings. The average Bonchev–Trinajstić information content (AvgIpc) is 3.36. The van der Waals surface area contributed by atoms with E-state index in [9.17, 15) is 13.6 Å². The number of amides is 1. The number of nitrogens with one attached hydrogen (secondary N) is 2. The largest absolute Gasteiger partial charge is 0.462 e. The number of carbonyl (C=O) groups is 1. The van der Waals surface area contributed by atoms with Crippen LogP contribution in [0.15, 0.2) is 47.2 Å². The second-order valence-corrected chi connectivity index (χ2v) is 7.39. The summed E-state index contributed by atoms with van der Waals surface area (Å²) in [7, 11) is 0. The Hall–Kier alpha value is -2.00. The zero-order chi connectivity index (χ0) is 18.8. The molecule has 156 valence electrons. The zero-order valence-electron chi connectivity index (χ0n) is 15.1. The van der Waals surface area contributed by atoms with E-state index in [2.05, 4.69) is 15.6 Å². The van der Waals surface area contributed by atoms with Gasteiger partial charge in [0.1, 0.15) is 4.88 Å². The van der Waals surface area contributed by atoms with Crippen molar-refractivity contribution in [3.05, 3.63) is 64.9 Å². The Morgan fingerprint density at radius 1 is 1.24 bits per heavy atom. The number of aromatic nitrogens is 1. The Morgan fingerprint density at radius 2 is 2.07 bits per heavy atom. The number of nitrogens with zero attached hydrogens (tertiary/aromatic N) is 1.